The molecule has 190 valence electrons. The van der Waals surface area contributed by atoms with Crippen LogP contribution in [0.25, 0.3) is 0 Å². The number of hydrogen-bond acceptors (Lipinski definition) is 8. The Labute approximate surface area is 203 Å². The summed E-state index contributed by atoms with van der Waals surface area (Å²) in [5.41, 5.74) is -2.54. The zero-order valence-electron chi connectivity index (χ0n) is 19.2. The topological polar surface area (TPSA) is 131 Å². The number of benzene rings is 1. The van der Waals surface area contributed by atoms with Gasteiger partial charge in [0.1, 0.15) is 5.56 Å². The van der Waals surface area contributed by atoms with E-state index in [9.17, 15) is 26.6 Å². The van der Waals surface area contributed by atoms with Crippen LogP contribution >= 0.6 is 0 Å². The molecule has 1 atom stereocenters. The van der Waals surface area contributed by atoms with Crippen LogP contribution in [0.3, 0.4) is 0 Å². The Hall–Kier alpha value is -3.68. The molecular formula is C22H20F4N6O3S. The van der Waals surface area contributed by atoms with E-state index < -0.39 is 56.2 Å². The Balaban J connectivity index is 1.73. The van der Waals surface area contributed by atoms with Crippen LogP contribution in [-0.4, -0.2) is 36.8 Å². The Morgan fingerprint density at radius 3 is 2.39 bits per heavy atom. The third-order valence-electron chi connectivity index (χ3n) is 5.75. The van der Waals surface area contributed by atoms with Gasteiger partial charge in [0.05, 0.1) is 15.4 Å². The summed E-state index contributed by atoms with van der Waals surface area (Å²) in [7, 11) is -3.13. The van der Waals surface area contributed by atoms with Crippen molar-refractivity contribution in [1.29, 1.82) is 4.78 Å². The first-order valence-electron chi connectivity index (χ1n) is 10.5. The summed E-state index contributed by atoms with van der Waals surface area (Å²) < 4.78 is 80.1. The highest BCUT2D eigenvalue weighted by atomic mass is 32.2. The molecule has 36 heavy (non-hydrogen) atoms. The molecule has 1 amide bonds. The van der Waals surface area contributed by atoms with Crippen molar-refractivity contribution in [3.63, 3.8) is 0 Å². The van der Waals surface area contributed by atoms with Crippen molar-refractivity contribution < 1.29 is 31.3 Å². The molecule has 0 radical (unpaired) electrons. The van der Waals surface area contributed by atoms with E-state index in [0.29, 0.717) is 5.69 Å². The van der Waals surface area contributed by atoms with Crippen molar-refractivity contribution in [2.45, 2.75) is 43.2 Å². The number of ether oxygens (including phenoxy) is 1. The van der Waals surface area contributed by atoms with Crippen LogP contribution in [0.1, 0.15) is 47.1 Å². The lowest BCUT2D eigenvalue weighted by Crippen LogP contribution is -2.21. The average molecular weight is 525 g/mol. The molecule has 3 aromatic rings. The number of carbonyl (C=O) groups is 1. The molecule has 1 unspecified atom stereocenters. The van der Waals surface area contributed by atoms with Gasteiger partial charge in [-0.05, 0) is 43.5 Å². The molecule has 1 aliphatic rings. The van der Waals surface area contributed by atoms with Gasteiger partial charge in [-0.3, -0.25) is 4.79 Å². The minimum Gasteiger partial charge on any atom is -0.414 e. The van der Waals surface area contributed by atoms with E-state index in [1.54, 1.807) is 0 Å². The number of anilines is 1. The first kappa shape index (κ1) is 25.4. The fourth-order valence-electron chi connectivity index (χ4n) is 3.37. The molecule has 1 fully saturated rings. The van der Waals surface area contributed by atoms with Gasteiger partial charge in [0.2, 0.25) is 0 Å². The number of nitrogens with zero attached hydrogens (tertiary/aromatic N) is 4. The molecule has 1 aliphatic carbocycles. The van der Waals surface area contributed by atoms with Crippen LogP contribution in [0.4, 0.5) is 23.2 Å². The van der Waals surface area contributed by atoms with Gasteiger partial charge in [0.15, 0.2) is 11.5 Å². The van der Waals surface area contributed by atoms with Crippen LogP contribution in [-0.2, 0) is 21.3 Å². The standard InChI is InChI=1S/C22H20F4N6O3S/c1-11-16(18(33)28-12-5-4-6-13(9-12)36(3,27)34)20(32-30-17(11)22(24,25)26)35-19-14(23)10-15(29-31-19)21(2)7-8-21/h4-6,9-10,27H,7-8H2,1-3H3,(H,28,33). The highest BCUT2D eigenvalue weighted by molar-refractivity contribution is 7.91. The third-order valence-corrected chi connectivity index (χ3v) is 6.90. The molecule has 0 saturated heterocycles. The zero-order valence-corrected chi connectivity index (χ0v) is 20.1. The molecular weight excluding hydrogens is 504 g/mol. The first-order chi connectivity index (χ1) is 16.7. The Kier molecular flexibility index (Phi) is 6.19. The fraction of sp³-hybridized carbons (Fsp3) is 0.318. The van der Waals surface area contributed by atoms with Crippen LogP contribution in [0, 0.1) is 17.5 Å². The van der Waals surface area contributed by atoms with E-state index in [2.05, 4.69) is 25.7 Å². The predicted octanol–water partition coefficient (Wildman–Crippen LogP) is 4.86. The normalized spacial score (nSPS) is 16.2. The van der Waals surface area contributed by atoms with E-state index in [4.69, 9.17) is 9.52 Å². The zero-order chi connectivity index (χ0) is 26.5. The molecule has 2 heterocycles. The van der Waals surface area contributed by atoms with Gasteiger partial charge in [-0.15, -0.1) is 15.3 Å². The second-order valence-corrected chi connectivity index (χ2v) is 10.9. The smallest absolute Gasteiger partial charge is 0.414 e. The fourth-order valence-corrected chi connectivity index (χ4v) is 4.06. The molecule has 0 spiro atoms. The predicted molar refractivity (Wildman–Crippen MR) is 120 cm³/mol. The molecule has 0 bridgehead atoms. The number of rotatable bonds is 6. The van der Waals surface area contributed by atoms with Crippen molar-refractivity contribution in [1.82, 2.24) is 20.4 Å². The molecule has 1 aromatic carbocycles. The van der Waals surface area contributed by atoms with Crippen molar-refractivity contribution in [2.24, 2.45) is 0 Å². The summed E-state index contributed by atoms with van der Waals surface area (Å²) in [6.07, 6.45) is -2.14. The first-order valence-corrected chi connectivity index (χ1v) is 12.5. The highest BCUT2D eigenvalue weighted by Gasteiger charge is 2.42. The van der Waals surface area contributed by atoms with E-state index >= 15 is 0 Å². The summed E-state index contributed by atoms with van der Waals surface area (Å²) in [6.45, 7) is 2.88. The lowest BCUT2D eigenvalue weighted by Gasteiger charge is -2.16. The molecule has 2 aromatic heterocycles. The van der Waals surface area contributed by atoms with Gasteiger partial charge in [-0.2, -0.15) is 18.3 Å². The number of aromatic nitrogens is 4. The van der Waals surface area contributed by atoms with Crippen LogP contribution in [0.5, 0.6) is 11.8 Å². The second kappa shape index (κ2) is 8.76. The van der Waals surface area contributed by atoms with Crippen LogP contribution < -0.4 is 10.1 Å². The maximum Gasteiger partial charge on any atom is 0.435 e. The van der Waals surface area contributed by atoms with E-state index in [-0.39, 0.29) is 16.0 Å². The summed E-state index contributed by atoms with van der Waals surface area (Å²) >= 11 is 0. The molecule has 14 heteroatoms. The molecule has 9 nitrogen and oxygen atoms in total. The number of carbonyl (C=O) groups excluding carboxylic acids is 1. The maximum absolute atomic E-state index is 14.7. The summed E-state index contributed by atoms with van der Waals surface area (Å²) in [5, 5.41) is 16.5. The van der Waals surface area contributed by atoms with Gasteiger partial charge >= 0.3 is 6.18 Å². The van der Waals surface area contributed by atoms with Crippen molar-refractivity contribution in [3.8, 4) is 11.8 Å². The Morgan fingerprint density at radius 1 is 1.14 bits per heavy atom. The lowest BCUT2D eigenvalue weighted by atomic mass is 10.1. The molecule has 4 rings (SSSR count). The second-order valence-electron chi connectivity index (χ2n) is 8.72. The van der Waals surface area contributed by atoms with Crippen molar-refractivity contribution in [3.05, 3.63) is 58.7 Å². The molecule has 0 aliphatic heterocycles. The van der Waals surface area contributed by atoms with Gasteiger partial charge in [-0.25, -0.2) is 13.4 Å². The van der Waals surface area contributed by atoms with Crippen molar-refractivity contribution in [2.75, 3.05) is 11.6 Å². The van der Waals surface area contributed by atoms with E-state index in [1.165, 1.54) is 30.5 Å². The minimum absolute atomic E-state index is 0.0584. The number of halogens is 4. The van der Waals surface area contributed by atoms with E-state index in [1.807, 2.05) is 6.92 Å². The Morgan fingerprint density at radius 2 is 1.81 bits per heavy atom. The van der Waals surface area contributed by atoms with E-state index in [0.717, 1.165) is 25.8 Å². The number of hydrogen-bond donors (Lipinski definition) is 2. The monoisotopic (exact) mass is 524 g/mol. The van der Waals surface area contributed by atoms with Crippen molar-refractivity contribution >= 4 is 21.3 Å². The SMILES string of the molecule is Cc1c(C(F)(F)F)nnc(Oc2nnc(C3(C)CC3)cc2F)c1C(=O)Nc1cccc(S(C)(=N)=O)c1. The average Bonchev–Trinajstić information content (AvgIpc) is 3.52. The van der Waals surface area contributed by atoms with Gasteiger partial charge in [-0.1, -0.05) is 13.0 Å². The van der Waals surface area contributed by atoms with Gasteiger partial charge < -0.3 is 10.1 Å². The highest BCUT2D eigenvalue weighted by Crippen LogP contribution is 2.47. The summed E-state index contributed by atoms with van der Waals surface area (Å²) in [4.78, 5) is 13.2. The minimum atomic E-state index is -4.93. The Bertz CT molecular complexity index is 1470. The molecule has 2 N–H and O–H groups in total. The number of amides is 1. The number of nitrogens with one attached hydrogen (secondary N) is 2. The van der Waals surface area contributed by atoms with Crippen LogP contribution in [0.15, 0.2) is 35.2 Å². The lowest BCUT2D eigenvalue weighted by molar-refractivity contribution is -0.142. The summed E-state index contributed by atoms with van der Waals surface area (Å²) in [6, 6.07) is 6.60. The van der Waals surface area contributed by atoms with Gasteiger partial charge in [0.25, 0.3) is 17.7 Å². The largest absolute Gasteiger partial charge is 0.435 e. The molecule has 1 saturated carbocycles. The maximum atomic E-state index is 14.7. The third kappa shape index (κ3) is 5.12. The summed E-state index contributed by atoms with van der Waals surface area (Å²) in [5.74, 6) is -3.41. The number of alkyl halides is 3. The quantitative estimate of drug-likeness (QED) is 0.440. The van der Waals surface area contributed by atoms with Crippen LogP contribution in [0.2, 0.25) is 0 Å². The van der Waals surface area contributed by atoms with Gasteiger partial charge in [0, 0.05) is 28.3 Å².